The van der Waals surface area contributed by atoms with Crippen molar-refractivity contribution in [3.8, 4) is 22.6 Å². The number of aromatic hydroxyl groups is 2. The van der Waals surface area contributed by atoms with Crippen LogP contribution in [0.4, 0.5) is 0 Å². The van der Waals surface area contributed by atoms with Gasteiger partial charge in [-0.05, 0) is 92.6 Å². The van der Waals surface area contributed by atoms with Crippen LogP contribution in [0.2, 0.25) is 0 Å². The Labute approximate surface area is 365 Å². The maximum Gasteiger partial charge on any atom is 0.134 e. The van der Waals surface area contributed by atoms with E-state index >= 15 is 0 Å². The van der Waals surface area contributed by atoms with Crippen molar-refractivity contribution in [2.45, 2.75) is 78.6 Å². The van der Waals surface area contributed by atoms with Gasteiger partial charge in [0.2, 0.25) is 0 Å². The van der Waals surface area contributed by atoms with Gasteiger partial charge in [0.05, 0.1) is 33.5 Å². The summed E-state index contributed by atoms with van der Waals surface area (Å²) in [6.07, 6.45) is 3.99. The van der Waals surface area contributed by atoms with Gasteiger partial charge in [-0.25, -0.2) is 15.0 Å². The maximum absolute atomic E-state index is 12.2. The predicted octanol–water partition coefficient (Wildman–Crippen LogP) is 12.9. The SMILES string of the molecule is CC(C)(C)c1ccc(-c2c3nc(c4cc(C(C)(C)C)cc(c4O)c4ccc5ccc6ccc(nc6c5n4)c4cc(C(C)(C)C)cc(c4O)c4ccc2[n-]4)C=C3)cc1.[Co].[Co]. The van der Waals surface area contributed by atoms with Crippen LogP contribution in [0.25, 0.3) is 88.7 Å². The van der Waals surface area contributed by atoms with Gasteiger partial charge in [0.25, 0.3) is 0 Å². The molecule has 12 bridgehead atoms. The van der Waals surface area contributed by atoms with E-state index in [1.165, 1.54) is 5.56 Å². The number of rotatable bonds is 1. The summed E-state index contributed by atoms with van der Waals surface area (Å²) in [5.41, 5.74) is 10.2. The third-order valence-corrected chi connectivity index (χ3v) is 11.4. The van der Waals surface area contributed by atoms with E-state index in [0.29, 0.717) is 54.8 Å². The first kappa shape index (κ1) is 41.9. The van der Waals surface area contributed by atoms with Crippen LogP contribution in [-0.4, -0.2) is 25.2 Å². The van der Waals surface area contributed by atoms with Crippen LogP contribution < -0.4 is 4.98 Å². The van der Waals surface area contributed by atoms with Gasteiger partial charge in [-0.2, -0.15) is 0 Å². The number of fused-ring (bicyclic) bond motifs is 14. The summed E-state index contributed by atoms with van der Waals surface area (Å²) in [7, 11) is 0. The quantitative estimate of drug-likeness (QED) is 0.160. The zero-order chi connectivity index (χ0) is 40.2. The minimum atomic E-state index is -0.231. The standard InChI is InChI=1S/C51H47N4O2.2Co/c1-49(2,3)31-16-12-28(13-17-31)44-42-22-20-38(52-42)34-24-32(50(4,5)6)26-36(47(34)56)40-18-14-29-10-11-30-15-19-41(55-46(30)45(29)54-40)37-27-33(51(7,8)9)25-35(48(37)57)39-21-23-43(44)53-39;;/h10-27H,1-9H3,(H2-,52,53,54,55,56,57);;/q-1;;. The summed E-state index contributed by atoms with van der Waals surface area (Å²) in [5.74, 6) is 0.235. The van der Waals surface area contributed by atoms with E-state index in [9.17, 15) is 10.2 Å². The molecule has 0 saturated carbocycles. The van der Waals surface area contributed by atoms with E-state index in [0.717, 1.165) is 44.2 Å². The summed E-state index contributed by atoms with van der Waals surface area (Å²) in [6.45, 7) is 19.7. The number of pyridine rings is 2. The maximum atomic E-state index is 12.2. The fourth-order valence-electron chi connectivity index (χ4n) is 7.85. The van der Waals surface area contributed by atoms with Gasteiger partial charge in [0.15, 0.2) is 0 Å². The van der Waals surface area contributed by atoms with Gasteiger partial charge in [0.1, 0.15) is 11.5 Å². The van der Waals surface area contributed by atoms with E-state index in [1.807, 2.05) is 60.7 Å². The van der Waals surface area contributed by atoms with Crippen molar-refractivity contribution in [1.29, 1.82) is 0 Å². The second-order valence-corrected chi connectivity index (χ2v) is 18.6. The monoisotopic (exact) mass is 865 g/mol. The second-order valence-electron chi connectivity index (χ2n) is 18.6. The molecule has 8 heteroatoms. The molecule has 1 aliphatic rings. The number of benzene rings is 4. The van der Waals surface area contributed by atoms with Gasteiger partial charge < -0.3 is 15.2 Å². The largest absolute Gasteiger partial charge is 0.657 e. The third-order valence-electron chi connectivity index (χ3n) is 11.4. The minimum Gasteiger partial charge on any atom is -0.657 e. The number of aromatic nitrogens is 4. The summed E-state index contributed by atoms with van der Waals surface area (Å²) in [4.78, 5) is 21.0. The van der Waals surface area contributed by atoms with Crippen molar-refractivity contribution >= 4 is 77.6 Å². The molecule has 302 valence electrons. The Kier molecular flexibility index (Phi) is 10.5. The molecule has 2 N–H and O–H groups in total. The number of nitrogens with zero attached hydrogens (tertiary/aromatic N) is 4. The molecule has 0 saturated heterocycles. The average molecular weight is 866 g/mol. The van der Waals surface area contributed by atoms with E-state index in [2.05, 4.69) is 111 Å². The summed E-state index contributed by atoms with van der Waals surface area (Å²) < 4.78 is 0. The first-order valence-corrected chi connectivity index (χ1v) is 19.7. The second kappa shape index (κ2) is 14.8. The van der Waals surface area contributed by atoms with Crippen molar-refractivity contribution in [2.75, 3.05) is 0 Å². The van der Waals surface area contributed by atoms with E-state index in [-0.39, 0.29) is 61.3 Å². The van der Waals surface area contributed by atoms with Crippen LogP contribution in [-0.2, 0) is 49.8 Å². The van der Waals surface area contributed by atoms with Crippen LogP contribution in [0.1, 0.15) is 90.4 Å². The molecule has 0 atom stereocenters. The Morgan fingerprint density at radius 1 is 0.441 bits per heavy atom. The van der Waals surface area contributed by atoms with Crippen LogP contribution in [0.15, 0.2) is 97.1 Å². The van der Waals surface area contributed by atoms with E-state index < -0.39 is 0 Å². The molecule has 4 aromatic carbocycles. The zero-order valence-corrected chi connectivity index (χ0v) is 36.8. The normalized spacial score (nSPS) is 12.6. The molecular weight excluding hydrogens is 818 g/mol. The molecule has 5 heterocycles. The Morgan fingerprint density at radius 3 is 1.41 bits per heavy atom. The first-order valence-electron chi connectivity index (χ1n) is 19.7. The van der Waals surface area contributed by atoms with Crippen LogP contribution in [0.5, 0.6) is 11.5 Å². The topological polar surface area (TPSA) is 93.2 Å². The van der Waals surface area contributed by atoms with Gasteiger partial charge in [-0.1, -0.05) is 123 Å². The number of hydrogen-bond acceptors (Lipinski definition) is 5. The van der Waals surface area contributed by atoms with Gasteiger partial charge in [-0.3, -0.25) is 0 Å². The van der Waals surface area contributed by atoms with Gasteiger partial charge in [-0.15, -0.1) is 11.0 Å². The molecule has 2 radical (unpaired) electrons. The van der Waals surface area contributed by atoms with Crippen molar-refractivity contribution in [2.24, 2.45) is 0 Å². The Morgan fingerprint density at radius 2 is 0.881 bits per heavy atom. The molecular formula is C51H47Co2N4O2-. The molecule has 9 rings (SSSR count). The summed E-state index contributed by atoms with van der Waals surface area (Å²) >= 11 is 0. The smallest absolute Gasteiger partial charge is 0.134 e. The van der Waals surface area contributed by atoms with E-state index in [1.54, 1.807) is 0 Å². The van der Waals surface area contributed by atoms with Crippen molar-refractivity contribution < 1.29 is 43.8 Å². The molecule has 0 aliphatic carbocycles. The molecule has 1 aliphatic heterocycles. The van der Waals surface area contributed by atoms with Gasteiger partial charge >= 0.3 is 0 Å². The molecule has 0 unspecified atom stereocenters. The van der Waals surface area contributed by atoms with Crippen molar-refractivity contribution in [3.05, 3.63) is 125 Å². The molecule has 0 spiro atoms. The molecule has 0 amide bonds. The molecule has 59 heavy (non-hydrogen) atoms. The van der Waals surface area contributed by atoms with Crippen LogP contribution in [0, 0.1) is 0 Å². The molecule has 0 fully saturated rings. The Bertz CT molecular complexity index is 3150. The Hall–Kier alpha value is -5.26. The fraction of sp³-hybridized carbons (Fsp3) is 0.235. The molecule has 8 aromatic rings. The number of phenolic OH excluding ortho intramolecular Hbond substituents is 2. The van der Waals surface area contributed by atoms with Crippen LogP contribution >= 0.6 is 0 Å². The fourth-order valence-corrected chi connectivity index (χ4v) is 7.85. The number of phenols is 2. The third kappa shape index (κ3) is 7.37. The summed E-state index contributed by atoms with van der Waals surface area (Å²) in [6, 6.07) is 32.9. The summed E-state index contributed by atoms with van der Waals surface area (Å²) in [5, 5.41) is 28.8. The van der Waals surface area contributed by atoms with E-state index in [4.69, 9.17) is 19.9 Å². The number of hydrogen-bond donors (Lipinski definition) is 2. The van der Waals surface area contributed by atoms with Gasteiger partial charge in [0, 0.05) is 65.9 Å². The predicted molar refractivity (Wildman–Crippen MR) is 238 cm³/mol. The molecule has 4 aromatic heterocycles. The Balaban J connectivity index is 0.00000264. The first-order chi connectivity index (χ1) is 26.9. The zero-order valence-electron chi connectivity index (χ0n) is 34.7. The molecule has 6 nitrogen and oxygen atoms in total. The minimum absolute atomic E-state index is 0. The van der Waals surface area contributed by atoms with Crippen molar-refractivity contribution in [3.63, 3.8) is 0 Å². The average Bonchev–Trinajstić information content (AvgIpc) is 3.84. The van der Waals surface area contributed by atoms with Crippen LogP contribution in [0.3, 0.4) is 0 Å². The van der Waals surface area contributed by atoms with Crippen molar-refractivity contribution in [1.82, 2.24) is 19.9 Å².